The van der Waals surface area contributed by atoms with Crippen molar-refractivity contribution < 1.29 is 18.4 Å². The molecule has 7 heteroatoms. The summed E-state index contributed by atoms with van der Waals surface area (Å²) < 4.78 is 20.2. The van der Waals surface area contributed by atoms with Gasteiger partial charge < -0.3 is 4.42 Å². The van der Waals surface area contributed by atoms with E-state index in [1.54, 1.807) is 48.5 Å². The number of amides is 2. The molecule has 0 radical (unpaired) electrons. The molecule has 5 rings (SSSR count). The van der Waals surface area contributed by atoms with Crippen LogP contribution in [0, 0.1) is 5.82 Å². The maximum Gasteiger partial charge on any atom is 0.261 e. The normalized spacial score (nSPS) is 13.4. The van der Waals surface area contributed by atoms with Crippen molar-refractivity contribution in [2.24, 2.45) is 0 Å². The maximum absolute atomic E-state index is 14.3. The molecular weight excluding hydrogens is 428 g/mol. The van der Waals surface area contributed by atoms with Gasteiger partial charge in [0.2, 0.25) is 0 Å². The number of hydrogen-bond donors (Lipinski definition) is 0. The van der Waals surface area contributed by atoms with E-state index in [4.69, 9.17) is 27.6 Å². The lowest BCUT2D eigenvalue weighted by molar-refractivity contribution is 0.0632. The molecule has 148 valence electrons. The highest BCUT2D eigenvalue weighted by molar-refractivity contribution is 6.35. The second-order valence-electron chi connectivity index (χ2n) is 6.95. The van der Waals surface area contributed by atoms with Crippen molar-refractivity contribution in [3.05, 3.63) is 93.4 Å². The molecule has 0 unspecified atom stereocenters. The van der Waals surface area contributed by atoms with Gasteiger partial charge in [0.15, 0.2) is 0 Å². The van der Waals surface area contributed by atoms with E-state index >= 15 is 0 Å². The van der Waals surface area contributed by atoms with Crippen LogP contribution >= 0.6 is 23.2 Å². The predicted molar refractivity (Wildman–Crippen MR) is 112 cm³/mol. The van der Waals surface area contributed by atoms with Crippen molar-refractivity contribution in [3.63, 3.8) is 0 Å². The lowest BCUT2D eigenvalue weighted by Gasteiger charge is -2.11. The first-order chi connectivity index (χ1) is 14.4. The average molecular weight is 440 g/mol. The minimum Gasteiger partial charge on any atom is -0.459 e. The molecule has 0 N–H and O–H groups in total. The molecule has 1 aliphatic rings. The van der Waals surface area contributed by atoms with Crippen molar-refractivity contribution in [2.45, 2.75) is 6.54 Å². The summed E-state index contributed by atoms with van der Waals surface area (Å²) in [7, 11) is 0. The maximum atomic E-state index is 14.3. The van der Waals surface area contributed by atoms with E-state index in [0.717, 1.165) is 4.90 Å². The Hall–Kier alpha value is -3.15. The zero-order valence-corrected chi connectivity index (χ0v) is 16.8. The number of fused-ring (bicyclic) bond motifs is 2. The quantitative estimate of drug-likeness (QED) is 0.349. The summed E-state index contributed by atoms with van der Waals surface area (Å²) in [6.07, 6.45) is 0. The van der Waals surface area contributed by atoms with Crippen LogP contribution in [0.1, 0.15) is 26.5 Å². The first-order valence-corrected chi connectivity index (χ1v) is 9.80. The minimum absolute atomic E-state index is 0.0641. The van der Waals surface area contributed by atoms with Gasteiger partial charge in [-0.1, -0.05) is 35.3 Å². The summed E-state index contributed by atoms with van der Waals surface area (Å²) in [5, 5.41) is 1.34. The van der Waals surface area contributed by atoms with E-state index in [9.17, 15) is 14.0 Å². The Kier molecular flexibility index (Phi) is 4.38. The number of hydrogen-bond acceptors (Lipinski definition) is 3. The number of halogens is 3. The van der Waals surface area contributed by atoms with Gasteiger partial charge >= 0.3 is 0 Å². The van der Waals surface area contributed by atoms with Crippen LogP contribution in [0.2, 0.25) is 10.0 Å². The molecule has 0 saturated carbocycles. The van der Waals surface area contributed by atoms with Gasteiger partial charge in [0.1, 0.15) is 17.2 Å². The Bertz CT molecular complexity index is 1330. The summed E-state index contributed by atoms with van der Waals surface area (Å²) in [5.41, 5.74) is 2.07. The van der Waals surface area contributed by atoms with Gasteiger partial charge in [-0.15, -0.1) is 0 Å². The molecule has 3 aromatic carbocycles. The fraction of sp³-hybridized carbons (Fsp3) is 0.0435. The first-order valence-electron chi connectivity index (χ1n) is 9.05. The van der Waals surface area contributed by atoms with Crippen molar-refractivity contribution in [1.82, 2.24) is 4.90 Å². The third kappa shape index (κ3) is 2.98. The average Bonchev–Trinajstić information content (AvgIpc) is 3.24. The standard InChI is InChI=1S/C23H12Cl2FNO3/c24-13-5-6-20(25)18(9-13)19-10-14(26)7-12-8-15(30-21(12)19)11-27-22(28)16-3-1-2-4-17(16)23(27)29/h1-10H,11H2. The number of nitrogens with zero attached hydrogens (tertiary/aromatic N) is 1. The molecule has 0 aliphatic carbocycles. The molecule has 0 spiro atoms. The van der Waals surface area contributed by atoms with Crippen LogP contribution < -0.4 is 0 Å². The second kappa shape index (κ2) is 6.97. The van der Waals surface area contributed by atoms with Crippen LogP contribution in [0.5, 0.6) is 0 Å². The molecule has 0 bridgehead atoms. The number of carbonyl (C=O) groups excluding carboxylic acids is 2. The molecule has 2 amide bonds. The molecule has 1 aromatic heterocycles. The number of furan rings is 1. The zero-order valence-electron chi connectivity index (χ0n) is 15.3. The monoisotopic (exact) mass is 439 g/mol. The molecule has 2 heterocycles. The van der Waals surface area contributed by atoms with Crippen LogP contribution in [0.4, 0.5) is 4.39 Å². The van der Waals surface area contributed by atoms with Crippen LogP contribution in [-0.2, 0) is 6.54 Å². The molecule has 1 aliphatic heterocycles. The van der Waals surface area contributed by atoms with E-state index in [0.29, 0.717) is 49.0 Å². The fourth-order valence-corrected chi connectivity index (χ4v) is 4.08. The fourth-order valence-electron chi connectivity index (χ4n) is 3.69. The Morgan fingerprint density at radius 1 is 0.833 bits per heavy atom. The molecule has 0 fully saturated rings. The molecule has 0 atom stereocenters. The molecule has 30 heavy (non-hydrogen) atoms. The number of imide groups is 1. The topological polar surface area (TPSA) is 50.5 Å². The van der Waals surface area contributed by atoms with Gasteiger partial charge in [-0.3, -0.25) is 14.5 Å². The van der Waals surface area contributed by atoms with Crippen molar-refractivity contribution >= 4 is 46.0 Å². The van der Waals surface area contributed by atoms with E-state index in [2.05, 4.69) is 0 Å². The Labute approximate surface area is 180 Å². The largest absolute Gasteiger partial charge is 0.459 e. The van der Waals surface area contributed by atoms with Gasteiger partial charge in [-0.2, -0.15) is 0 Å². The molecule has 4 nitrogen and oxygen atoms in total. The second-order valence-corrected chi connectivity index (χ2v) is 7.79. The SMILES string of the molecule is O=C1c2ccccc2C(=O)N1Cc1cc2cc(F)cc(-c3cc(Cl)ccc3Cl)c2o1. The Morgan fingerprint density at radius 2 is 1.53 bits per heavy atom. The summed E-state index contributed by atoms with van der Waals surface area (Å²) in [6, 6.07) is 15.8. The first kappa shape index (κ1) is 18.9. The zero-order chi connectivity index (χ0) is 21.0. The highest BCUT2D eigenvalue weighted by Gasteiger charge is 2.35. The summed E-state index contributed by atoms with van der Waals surface area (Å²) in [6.45, 7) is -0.0641. The van der Waals surface area contributed by atoms with Gasteiger partial charge in [-0.25, -0.2) is 4.39 Å². The summed E-state index contributed by atoms with van der Waals surface area (Å²) >= 11 is 12.4. The molecule has 4 aromatic rings. The highest BCUT2D eigenvalue weighted by Crippen LogP contribution is 2.38. The summed E-state index contributed by atoms with van der Waals surface area (Å²) in [4.78, 5) is 26.4. The third-order valence-corrected chi connectivity index (χ3v) is 5.61. The van der Waals surface area contributed by atoms with Crippen molar-refractivity contribution in [3.8, 4) is 11.1 Å². The summed E-state index contributed by atoms with van der Waals surface area (Å²) in [5.74, 6) is -0.896. The van der Waals surface area contributed by atoms with Gasteiger partial charge in [0.05, 0.1) is 17.7 Å². The smallest absolute Gasteiger partial charge is 0.261 e. The van der Waals surface area contributed by atoms with Crippen molar-refractivity contribution in [1.29, 1.82) is 0 Å². The van der Waals surface area contributed by atoms with E-state index in [-0.39, 0.29) is 18.4 Å². The number of benzene rings is 3. The number of rotatable bonds is 3. The van der Waals surface area contributed by atoms with Gasteiger partial charge in [0.25, 0.3) is 11.8 Å². The Balaban J connectivity index is 1.58. The highest BCUT2D eigenvalue weighted by atomic mass is 35.5. The van der Waals surface area contributed by atoms with E-state index < -0.39 is 5.82 Å². The van der Waals surface area contributed by atoms with E-state index in [1.807, 2.05) is 0 Å². The lowest BCUT2D eigenvalue weighted by Crippen LogP contribution is -2.28. The molecular formula is C23H12Cl2FNO3. The van der Waals surface area contributed by atoms with Gasteiger partial charge in [-0.05, 0) is 48.5 Å². The van der Waals surface area contributed by atoms with Crippen LogP contribution in [-0.4, -0.2) is 16.7 Å². The minimum atomic E-state index is -0.471. The molecule has 0 saturated heterocycles. The van der Waals surface area contributed by atoms with Crippen LogP contribution in [0.3, 0.4) is 0 Å². The van der Waals surface area contributed by atoms with Crippen LogP contribution in [0.25, 0.3) is 22.1 Å². The predicted octanol–water partition coefficient (Wildman–Crippen LogP) is 6.34. The van der Waals surface area contributed by atoms with Crippen LogP contribution in [0.15, 0.2) is 65.1 Å². The number of carbonyl (C=O) groups is 2. The lowest BCUT2D eigenvalue weighted by atomic mass is 10.0. The van der Waals surface area contributed by atoms with Gasteiger partial charge in [0, 0.05) is 26.6 Å². The van der Waals surface area contributed by atoms with E-state index in [1.165, 1.54) is 12.1 Å². The van der Waals surface area contributed by atoms with Crippen molar-refractivity contribution in [2.75, 3.05) is 0 Å². The third-order valence-electron chi connectivity index (χ3n) is 5.04. The Morgan fingerprint density at radius 3 is 2.23 bits per heavy atom.